The zero-order valence-electron chi connectivity index (χ0n) is 16.2. The van der Waals surface area contributed by atoms with E-state index in [-0.39, 0.29) is 12.2 Å². The maximum atomic E-state index is 12.7. The summed E-state index contributed by atoms with van der Waals surface area (Å²) in [6.07, 6.45) is 1.40. The highest BCUT2D eigenvalue weighted by atomic mass is 35.5. The number of benzene rings is 1. The van der Waals surface area contributed by atoms with Crippen LogP contribution in [0.3, 0.4) is 0 Å². The van der Waals surface area contributed by atoms with Crippen LogP contribution in [0, 0.1) is 25.2 Å². The van der Waals surface area contributed by atoms with Crippen molar-refractivity contribution in [1.29, 1.82) is 5.26 Å². The zero-order chi connectivity index (χ0) is 21.0. The first-order valence-corrected chi connectivity index (χ1v) is 9.08. The van der Waals surface area contributed by atoms with E-state index >= 15 is 0 Å². The fourth-order valence-electron chi connectivity index (χ4n) is 2.86. The van der Waals surface area contributed by atoms with Crippen LogP contribution < -0.4 is 11.0 Å². The van der Waals surface area contributed by atoms with Gasteiger partial charge in [0.1, 0.15) is 11.6 Å². The van der Waals surface area contributed by atoms with E-state index < -0.39 is 0 Å². The number of nitriles is 1. The molecule has 0 saturated carbocycles. The normalized spacial score (nSPS) is 11.0. The summed E-state index contributed by atoms with van der Waals surface area (Å²) in [4.78, 5) is 17.0. The van der Waals surface area contributed by atoms with Crippen molar-refractivity contribution >= 4 is 23.6 Å². The van der Waals surface area contributed by atoms with Gasteiger partial charge < -0.3 is 4.74 Å². The van der Waals surface area contributed by atoms with E-state index in [0.29, 0.717) is 38.9 Å². The summed E-state index contributed by atoms with van der Waals surface area (Å²) >= 11 is 5.91. The predicted molar refractivity (Wildman–Crippen MR) is 112 cm³/mol. The number of nitrogens with zero attached hydrogens (tertiary/aromatic N) is 4. The lowest BCUT2D eigenvalue weighted by Crippen LogP contribution is -2.17. The number of hydrazone groups is 1. The molecule has 0 aliphatic rings. The van der Waals surface area contributed by atoms with Gasteiger partial charge in [-0.25, -0.2) is 9.67 Å². The second-order valence-corrected chi connectivity index (χ2v) is 6.77. The van der Waals surface area contributed by atoms with Crippen LogP contribution in [0.2, 0.25) is 5.02 Å². The number of methoxy groups -OCH3 is 1. The molecule has 0 radical (unpaired) electrons. The number of aromatic amines is 1. The average Bonchev–Trinajstić information content (AvgIpc) is 2.97. The topological polar surface area (TPSA) is 108 Å². The standard InChI is InChI=1S/C20H19ClN6O2/c1-12-8-14(11-29-3)17(9-22)19(24-12)25-23-10-18-13(2)26-27(20(18)28)16-6-4-15(21)5-7-16/h4-8,10,26H,11H2,1-3H3,(H,24,25). The van der Waals surface area contributed by atoms with Gasteiger partial charge in [-0.1, -0.05) is 11.6 Å². The Morgan fingerprint density at radius 1 is 1.38 bits per heavy atom. The number of rotatable bonds is 6. The number of halogens is 1. The predicted octanol–water partition coefficient (Wildman–Crippen LogP) is 3.29. The molecule has 0 atom stereocenters. The molecule has 0 unspecified atom stereocenters. The molecule has 9 heteroatoms. The molecule has 0 saturated heterocycles. The summed E-state index contributed by atoms with van der Waals surface area (Å²) in [6.45, 7) is 3.88. The van der Waals surface area contributed by atoms with Gasteiger partial charge in [-0.3, -0.25) is 15.3 Å². The number of aromatic nitrogens is 3. The Labute approximate surface area is 172 Å². The van der Waals surface area contributed by atoms with E-state index in [9.17, 15) is 10.1 Å². The van der Waals surface area contributed by atoms with Gasteiger partial charge in [0.05, 0.1) is 24.1 Å². The van der Waals surface area contributed by atoms with Crippen molar-refractivity contribution in [1.82, 2.24) is 14.8 Å². The summed E-state index contributed by atoms with van der Waals surface area (Å²) in [6, 6.07) is 10.8. The number of hydrogen-bond acceptors (Lipinski definition) is 6. The van der Waals surface area contributed by atoms with E-state index in [4.69, 9.17) is 16.3 Å². The lowest BCUT2D eigenvalue weighted by atomic mass is 10.1. The molecule has 0 aliphatic heterocycles. The zero-order valence-corrected chi connectivity index (χ0v) is 16.9. The molecule has 1 aromatic carbocycles. The molecule has 3 rings (SSSR count). The number of ether oxygens (including phenoxy) is 1. The maximum absolute atomic E-state index is 12.7. The van der Waals surface area contributed by atoms with Gasteiger partial charge in [-0.05, 0) is 44.2 Å². The maximum Gasteiger partial charge on any atom is 0.280 e. The summed E-state index contributed by atoms with van der Waals surface area (Å²) in [5.41, 5.74) is 5.97. The highest BCUT2D eigenvalue weighted by Crippen LogP contribution is 2.19. The van der Waals surface area contributed by atoms with Crippen molar-refractivity contribution in [2.75, 3.05) is 12.5 Å². The Morgan fingerprint density at radius 2 is 2.10 bits per heavy atom. The van der Waals surface area contributed by atoms with Crippen LogP contribution in [-0.2, 0) is 11.3 Å². The molecule has 0 amide bonds. The van der Waals surface area contributed by atoms with Crippen LogP contribution in [-0.4, -0.2) is 28.1 Å². The van der Waals surface area contributed by atoms with Crippen LogP contribution in [0.25, 0.3) is 5.69 Å². The first kappa shape index (κ1) is 20.3. The monoisotopic (exact) mass is 410 g/mol. The fourth-order valence-corrected chi connectivity index (χ4v) is 2.98. The lowest BCUT2D eigenvalue weighted by molar-refractivity contribution is 0.184. The van der Waals surface area contributed by atoms with E-state index in [1.54, 1.807) is 44.4 Å². The molecule has 0 fully saturated rings. The van der Waals surface area contributed by atoms with Gasteiger partial charge in [0.15, 0.2) is 5.82 Å². The molecule has 29 heavy (non-hydrogen) atoms. The molecule has 3 aromatic rings. The number of hydrogen-bond donors (Lipinski definition) is 2. The van der Waals surface area contributed by atoms with E-state index in [0.717, 1.165) is 5.69 Å². The quantitative estimate of drug-likeness (QED) is 0.478. The first-order valence-electron chi connectivity index (χ1n) is 8.70. The van der Waals surface area contributed by atoms with Gasteiger partial charge in [0.25, 0.3) is 5.56 Å². The van der Waals surface area contributed by atoms with Crippen LogP contribution >= 0.6 is 11.6 Å². The Balaban J connectivity index is 1.90. The van der Waals surface area contributed by atoms with Gasteiger partial charge in [-0.2, -0.15) is 10.4 Å². The summed E-state index contributed by atoms with van der Waals surface area (Å²) < 4.78 is 6.55. The third-order valence-electron chi connectivity index (χ3n) is 4.21. The third kappa shape index (κ3) is 4.37. The van der Waals surface area contributed by atoms with Crippen LogP contribution in [0.5, 0.6) is 0 Å². The van der Waals surface area contributed by atoms with Crippen molar-refractivity contribution in [3.8, 4) is 11.8 Å². The molecular formula is C20H19ClN6O2. The molecule has 0 aliphatic carbocycles. The smallest absolute Gasteiger partial charge is 0.280 e. The second-order valence-electron chi connectivity index (χ2n) is 6.33. The Kier molecular flexibility index (Phi) is 6.12. The van der Waals surface area contributed by atoms with Crippen molar-refractivity contribution in [2.24, 2.45) is 5.10 Å². The lowest BCUT2D eigenvalue weighted by Gasteiger charge is -2.09. The fraction of sp³-hybridized carbons (Fsp3) is 0.200. The third-order valence-corrected chi connectivity index (χ3v) is 4.46. The number of nitrogens with one attached hydrogen (secondary N) is 2. The average molecular weight is 411 g/mol. The molecular weight excluding hydrogens is 392 g/mol. The SMILES string of the molecule is COCc1cc(C)nc(NN=Cc2c(C)[nH]n(-c3ccc(Cl)cc3)c2=O)c1C#N. The van der Waals surface area contributed by atoms with Crippen LogP contribution in [0.15, 0.2) is 40.2 Å². The minimum Gasteiger partial charge on any atom is -0.380 e. The summed E-state index contributed by atoms with van der Waals surface area (Å²) in [5, 5.41) is 17.2. The van der Waals surface area contributed by atoms with Gasteiger partial charge in [0, 0.05) is 29.1 Å². The Morgan fingerprint density at radius 3 is 2.76 bits per heavy atom. The van der Waals surface area contributed by atoms with E-state index in [1.807, 2.05) is 6.92 Å². The van der Waals surface area contributed by atoms with Crippen molar-refractivity contribution < 1.29 is 4.74 Å². The number of aryl methyl sites for hydroxylation is 2. The Bertz CT molecular complexity index is 1160. The molecule has 148 valence electrons. The molecule has 2 N–H and O–H groups in total. The minimum absolute atomic E-state index is 0.256. The number of anilines is 1. The van der Waals surface area contributed by atoms with E-state index in [2.05, 4.69) is 26.7 Å². The summed E-state index contributed by atoms with van der Waals surface area (Å²) in [7, 11) is 1.56. The van der Waals surface area contributed by atoms with Crippen LogP contribution in [0.4, 0.5) is 5.82 Å². The largest absolute Gasteiger partial charge is 0.380 e. The van der Waals surface area contributed by atoms with Crippen LogP contribution in [0.1, 0.15) is 28.1 Å². The molecule has 2 aromatic heterocycles. The van der Waals surface area contributed by atoms with Gasteiger partial charge >= 0.3 is 0 Å². The highest BCUT2D eigenvalue weighted by Gasteiger charge is 2.13. The molecule has 0 bridgehead atoms. The number of pyridine rings is 1. The summed E-state index contributed by atoms with van der Waals surface area (Å²) in [5.74, 6) is 0.307. The molecule has 2 heterocycles. The first-order chi connectivity index (χ1) is 13.9. The number of H-pyrrole nitrogens is 1. The van der Waals surface area contributed by atoms with Crippen molar-refractivity contribution in [3.63, 3.8) is 0 Å². The van der Waals surface area contributed by atoms with Gasteiger partial charge in [-0.15, -0.1) is 0 Å². The second kappa shape index (κ2) is 8.73. The van der Waals surface area contributed by atoms with Crippen molar-refractivity contribution in [3.05, 3.63) is 73.8 Å². The van der Waals surface area contributed by atoms with E-state index in [1.165, 1.54) is 10.9 Å². The van der Waals surface area contributed by atoms with Crippen molar-refractivity contribution in [2.45, 2.75) is 20.5 Å². The Hall–Kier alpha value is -3.41. The molecule has 0 spiro atoms. The van der Waals surface area contributed by atoms with Gasteiger partial charge in [0.2, 0.25) is 0 Å². The molecule has 8 nitrogen and oxygen atoms in total. The minimum atomic E-state index is -0.256. The highest BCUT2D eigenvalue weighted by molar-refractivity contribution is 6.30.